The van der Waals surface area contributed by atoms with Gasteiger partial charge in [0.2, 0.25) is 0 Å². The second-order valence-electron chi connectivity index (χ2n) is 5.73. The second kappa shape index (κ2) is 5.66. The third kappa shape index (κ3) is 2.99. The van der Waals surface area contributed by atoms with Gasteiger partial charge in [0.15, 0.2) is 5.78 Å². The molecule has 0 saturated heterocycles. The van der Waals surface area contributed by atoms with Crippen LogP contribution in [0.2, 0.25) is 0 Å². The molecule has 0 radical (unpaired) electrons. The van der Waals surface area contributed by atoms with E-state index >= 15 is 0 Å². The minimum absolute atomic E-state index is 0.0697. The first-order valence-corrected chi connectivity index (χ1v) is 6.95. The predicted molar refractivity (Wildman–Crippen MR) is 74.7 cm³/mol. The van der Waals surface area contributed by atoms with E-state index in [-0.39, 0.29) is 11.2 Å². The van der Waals surface area contributed by atoms with E-state index in [0.717, 1.165) is 18.4 Å². The fraction of sp³-hybridized carbons (Fsp3) is 0.562. The van der Waals surface area contributed by atoms with Crippen LogP contribution in [0, 0.1) is 12.3 Å². The van der Waals surface area contributed by atoms with Crippen molar-refractivity contribution in [3.8, 4) is 0 Å². The lowest BCUT2D eigenvalue weighted by Gasteiger charge is -2.35. The molecule has 2 N–H and O–H groups in total. The van der Waals surface area contributed by atoms with Gasteiger partial charge in [-0.2, -0.15) is 0 Å². The van der Waals surface area contributed by atoms with Crippen LogP contribution in [0.15, 0.2) is 24.3 Å². The molecule has 0 amide bonds. The molecule has 0 bridgehead atoms. The van der Waals surface area contributed by atoms with Crippen molar-refractivity contribution >= 4 is 5.78 Å². The summed E-state index contributed by atoms with van der Waals surface area (Å²) < 4.78 is 0. The van der Waals surface area contributed by atoms with Crippen molar-refractivity contribution in [1.82, 2.24) is 0 Å². The van der Waals surface area contributed by atoms with Gasteiger partial charge in [0.05, 0.1) is 0 Å². The van der Waals surface area contributed by atoms with Crippen LogP contribution in [0.3, 0.4) is 0 Å². The van der Waals surface area contributed by atoms with Crippen molar-refractivity contribution in [3.63, 3.8) is 0 Å². The van der Waals surface area contributed by atoms with Crippen LogP contribution < -0.4 is 5.73 Å². The molecular weight excluding hydrogens is 222 g/mol. The molecule has 0 aromatic heterocycles. The van der Waals surface area contributed by atoms with Crippen LogP contribution in [-0.4, -0.2) is 12.3 Å². The normalized spacial score (nSPS) is 18.6. The average Bonchev–Trinajstić information content (AvgIpc) is 2.40. The minimum Gasteiger partial charge on any atom is -0.330 e. The quantitative estimate of drug-likeness (QED) is 0.825. The molecule has 0 heterocycles. The molecule has 2 rings (SSSR count). The molecule has 1 saturated carbocycles. The lowest BCUT2D eigenvalue weighted by atomic mass is 9.70. The van der Waals surface area contributed by atoms with Crippen molar-refractivity contribution < 1.29 is 4.79 Å². The molecular formula is C16H23NO. The highest BCUT2D eigenvalue weighted by Crippen LogP contribution is 2.39. The predicted octanol–water partition coefficient (Wildman–Crippen LogP) is 3.48. The highest BCUT2D eigenvalue weighted by Gasteiger charge is 2.33. The number of aryl methyl sites for hydroxylation is 1. The maximum atomic E-state index is 12.3. The molecule has 0 spiro atoms. The Morgan fingerprint density at radius 2 is 1.78 bits per heavy atom. The maximum absolute atomic E-state index is 12.3. The Kier molecular flexibility index (Phi) is 4.18. The molecule has 2 nitrogen and oxygen atoms in total. The smallest absolute Gasteiger partial charge is 0.163 e. The van der Waals surface area contributed by atoms with Crippen LogP contribution in [0.4, 0.5) is 0 Å². The number of nitrogens with two attached hydrogens (primary N) is 1. The van der Waals surface area contributed by atoms with Gasteiger partial charge in [-0.25, -0.2) is 0 Å². The van der Waals surface area contributed by atoms with E-state index in [1.807, 2.05) is 31.2 Å². The van der Waals surface area contributed by atoms with E-state index in [0.29, 0.717) is 13.0 Å². The topological polar surface area (TPSA) is 43.1 Å². The first kappa shape index (κ1) is 13.3. The first-order chi connectivity index (χ1) is 8.65. The number of hydrogen-bond donors (Lipinski definition) is 1. The van der Waals surface area contributed by atoms with Gasteiger partial charge in [0.1, 0.15) is 0 Å². The van der Waals surface area contributed by atoms with Crippen LogP contribution in [-0.2, 0) is 0 Å². The van der Waals surface area contributed by atoms with Crippen LogP contribution in [0.1, 0.15) is 54.4 Å². The Balaban J connectivity index is 2.07. The first-order valence-electron chi connectivity index (χ1n) is 6.95. The molecule has 1 aliphatic rings. The number of rotatable bonds is 4. The van der Waals surface area contributed by atoms with E-state index in [1.54, 1.807) is 0 Å². The van der Waals surface area contributed by atoms with Crippen molar-refractivity contribution in [2.24, 2.45) is 11.1 Å². The molecule has 1 aromatic rings. The third-order valence-electron chi connectivity index (χ3n) is 4.26. The van der Waals surface area contributed by atoms with Crippen molar-refractivity contribution in [2.75, 3.05) is 6.54 Å². The van der Waals surface area contributed by atoms with E-state index in [2.05, 4.69) is 0 Å². The van der Waals surface area contributed by atoms with E-state index in [9.17, 15) is 4.79 Å². The number of carbonyl (C=O) groups is 1. The maximum Gasteiger partial charge on any atom is 0.163 e. The van der Waals surface area contributed by atoms with Crippen LogP contribution in [0.5, 0.6) is 0 Å². The number of carbonyl (C=O) groups excluding carboxylic acids is 1. The van der Waals surface area contributed by atoms with Gasteiger partial charge in [0.25, 0.3) is 0 Å². The highest BCUT2D eigenvalue weighted by molar-refractivity contribution is 5.96. The Hall–Kier alpha value is -1.15. The molecule has 18 heavy (non-hydrogen) atoms. The molecule has 1 aliphatic carbocycles. The van der Waals surface area contributed by atoms with E-state index in [4.69, 9.17) is 5.73 Å². The van der Waals surface area contributed by atoms with Crippen molar-refractivity contribution in [2.45, 2.75) is 45.4 Å². The zero-order valence-corrected chi connectivity index (χ0v) is 11.2. The molecule has 1 aromatic carbocycles. The van der Waals surface area contributed by atoms with E-state index in [1.165, 1.54) is 24.8 Å². The lowest BCUT2D eigenvalue weighted by molar-refractivity contribution is 0.0868. The highest BCUT2D eigenvalue weighted by atomic mass is 16.1. The molecule has 98 valence electrons. The van der Waals surface area contributed by atoms with Gasteiger partial charge < -0.3 is 5.73 Å². The van der Waals surface area contributed by atoms with Crippen LogP contribution in [0.25, 0.3) is 0 Å². The van der Waals surface area contributed by atoms with Crippen molar-refractivity contribution in [1.29, 1.82) is 0 Å². The average molecular weight is 245 g/mol. The van der Waals surface area contributed by atoms with E-state index < -0.39 is 0 Å². The summed E-state index contributed by atoms with van der Waals surface area (Å²) in [5.74, 6) is 0.252. The zero-order valence-electron chi connectivity index (χ0n) is 11.2. The number of benzene rings is 1. The summed E-state index contributed by atoms with van der Waals surface area (Å²) in [6.45, 7) is 2.68. The zero-order chi connectivity index (χ0) is 13.0. The minimum atomic E-state index is 0.0697. The Bertz CT molecular complexity index is 402. The Labute approximate surface area is 110 Å². The molecule has 0 atom stereocenters. The fourth-order valence-corrected chi connectivity index (χ4v) is 2.94. The lowest BCUT2D eigenvalue weighted by Crippen LogP contribution is -2.35. The fourth-order valence-electron chi connectivity index (χ4n) is 2.94. The Morgan fingerprint density at radius 1 is 1.17 bits per heavy atom. The standard InChI is InChI=1S/C16H23NO/c1-13-5-7-14(8-6-13)15(18)11-16(12-17)9-3-2-4-10-16/h5-8H,2-4,9-12,17H2,1H3. The summed E-state index contributed by atoms with van der Waals surface area (Å²) in [5, 5.41) is 0. The number of hydrogen-bond acceptors (Lipinski definition) is 2. The van der Waals surface area contributed by atoms with Gasteiger partial charge in [-0.15, -0.1) is 0 Å². The van der Waals surface area contributed by atoms with Gasteiger partial charge in [-0.3, -0.25) is 4.79 Å². The monoisotopic (exact) mass is 245 g/mol. The summed E-state index contributed by atoms with van der Waals surface area (Å²) in [5.41, 5.74) is 8.03. The second-order valence-corrected chi connectivity index (χ2v) is 5.73. The molecule has 1 fully saturated rings. The summed E-state index contributed by atoms with van der Waals surface area (Å²) >= 11 is 0. The van der Waals surface area contributed by atoms with Gasteiger partial charge >= 0.3 is 0 Å². The summed E-state index contributed by atoms with van der Waals surface area (Å²) in [6.07, 6.45) is 6.58. The SMILES string of the molecule is Cc1ccc(C(=O)CC2(CN)CCCCC2)cc1. The molecule has 0 aliphatic heterocycles. The Morgan fingerprint density at radius 3 is 2.33 bits per heavy atom. The summed E-state index contributed by atoms with van der Waals surface area (Å²) in [6, 6.07) is 7.88. The molecule has 2 heteroatoms. The number of ketones is 1. The number of Topliss-reactive ketones (excluding diaryl/α,β-unsaturated/α-hetero) is 1. The third-order valence-corrected chi connectivity index (χ3v) is 4.26. The molecule has 0 unspecified atom stereocenters. The van der Waals surface area contributed by atoms with Gasteiger partial charge in [0, 0.05) is 12.0 Å². The largest absolute Gasteiger partial charge is 0.330 e. The summed E-state index contributed by atoms with van der Waals surface area (Å²) in [4.78, 5) is 12.3. The van der Waals surface area contributed by atoms with Crippen LogP contribution >= 0.6 is 0 Å². The summed E-state index contributed by atoms with van der Waals surface area (Å²) in [7, 11) is 0. The van der Waals surface area contributed by atoms with Crippen molar-refractivity contribution in [3.05, 3.63) is 35.4 Å². The van der Waals surface area contributed by atoms with Gasteiger partial charge in [-0.05, 0) is 31.7 Å². The van der Waals surface area contributed by atoms with Gasteiger partial charge in [-0.1, -0.05) is 49.1 Å².